The Kier molecular flexibility index (Phi) is 14.6. The van der Waals surface area contributed by atoms with E-state index in [9.17, 15) is 24.4 Å². The van der Waals surface area contributed by atoms with Crippen LogP contribution in [0.4, 0.5) is 19.2 Å². The summed E-state index contributed by atoms with van der Waals surface area (Å²) < 4.78 is 6.18. The standard InChI is InChI=1S/C11H13N5O2.C9H11IN2O2.C9H11N5O.C8H9N5O2.C3H4N2/c1-2-3-18-16-10-4-9(15-8-12-7-13-15)5-14(6-10)11(16)17;1-2-3-14-12-8-4-7(10)5-11(6-8)9(12)13;1-12-7-2-8(14-6-10-5-11-14)4-13(3-7)9(12)15;14-8-11-2-6(12-5-9-4-10-12)1-7(3-11)13(8)15;1-2-5-3-4-1/h2,4,7-8,10H,1,3,5-6H2;2,4,8H,1,3,5-6H2;2,5-7H,3-4H2,1H3;1,4-5,7,15H,2-3H2;1,3H,2H2. The first-order valence-corrected chi connectivity index (χ1v) is 22.1. The first-order valence-electron chi connectivity index (χ1n) is 21.0. The van der Waals surface area contributed by atoms with Crippen molar-refractivity contribution in [3.05, 3.63) is 91.2 Å². The highest BCUT2D eigenvalue weighted by Crippen LogP contribution is 2.29. The summed E-state index contributed by atoms with van der Waals surface area (Å²) >= 11 is 2.25. The summed E-state index contributed by atoms with van der Waals surface area (Å²) in [5.41, 5.74) is 2.80. The Bertz CT molecular complexity index is 2380. The van der Waals surface area contributed by atoms with E-state index in [1.54, 1.807) is 77.3 Å². The van der Waals surface area contributed by atoms with Gasteiger partial charge in [0.2, 0.25) is 0 Å². The van der Waals surface area contributed by atoms with Crippen LogP contribution in [0.3, 0.4) is 0 Å². The number of carbonyl (C=O) groups excluding carboxylic acids is 4. The molecule has 1 N–H and O–H groups in total. The van der Waals surface area contributed by atoms with Gasteiger partial charge in [-0.25, -0.2) is 53.2 Å². The van der Waals surface area contributed by atoms with Gasteiger partial charge in [-0.3, -0.25) is 19.9 Å². The molecular weight excluding hydrogens is 985 g/mol. The van der Waals surface area contributed by atoms with Crippen molar-refractivity contribution < 1.29 is 34.1 Å². The van der Waals surface area contributed by atoms with E-state index in [4.69, 9.17) is 9.68 Å². The number of hydroxylamine groups is 6. The molecule has 0 aliphatic carbocycles. The number of aliphatic imine (C=N–C) groups is 2. The van der Waals surface area contributed by atoms with E-state index in [1.807, 2.05) is 24.1 Å². The minimum absolute atomic E-state index is 0.0419. The van der Waals surface area contributed by atoms with Crippen LogP contribution in [0, 0.1) is 0 Å². The first-order chi connectivity index (χ1) is 32.5. The number of rotatable bonds is 9. The summed E-state index contributed by atoms with van der Waals surface area (Å²) in [5, 5.41) is 25.1. The topological polar surface area (TPSA) is 250 Å². The number of nitrogens with zero attached hydrogens (tertiary/aromatic N) is 19. The molecule has 26 nitrogen and oxygen atoms in total. The lowest BCUT2D eigenvalue weighted by Crippen LogP contribution is -2.33. The zero-order chi connectivity index (χ0) is 47.0. The van der Waals surface area contributed by atoms with Crippen LogP contribution in [0.5, 0.6) is 0 Å². The van der Waals surface area contributed by atoms with Gasteiger partial charge in [0.1, 0.15) is 44.3 Å². The highest BCUT2D eigenvalue weighted by Gasteiger charge is 2.43. The fraction of sp³-hybridized carbons (Fsp3) is 0.400. The lowest BCUT2D eigenvalue weighted by atomic mass is 10.2. The summed E-state index contributed by atoms with van der Waals surface area (Å²) in [6.07, 6.45) is 23.8. The van der Waals surface area contributed by atoms with Crippen molar-refractivity contribution in [1.82, 2.24) is 84.0 Å². The number of carbonyl (C=O) groups is 4. The third-order valence-corrected chi connectivity index (χ3v) is 11.9. The van der Waals surface area contributed by atoms with Gasteiger partial charge in [-0.2, -0.15) is 30.5 Å². The third-order valence-electron chi connectivity index (χ3n) is 11.2. The first kappa shape index (κ1) is 46.4. The summed E-state index contributed by atoms with van der Waals surface area (Å²) in [6.45, 7) is 13.6. The van der Waals surface area contributed by atoms with Crippen LogP contribution in [0.25, 0.3) is 17.1 Å². The fourth-order valence-electron chi connectivity index (χ4n) is 8.01. The summed E-state index contributed by atoms with van der Waals surface area (Å²) in [5.74, 6) is 0. The second kappa shape index (κ2) is 21.0. The Balaban J connectivity index is 0.000000117. The van der Waals surface area contributed by atoms with E-state index in [2.05, 4.69) is 88.1 Å². The smallest absolute Gasteiger partial charge is 0.319 e. The largest absolute Gasteiger partial charge is 0.345 e. The molecule has 4 atom stereocenters. The van der Waals surface area contributed by atoms with Gasteiger partial charge >= 0.3 is 24.1 Å². The molecule has 67 heavy (non-hydrogen) atoms. The number of hydrogen-bond donors (Lipinski definition) is 1. The van der Waals surface area contributed by atoms with Gasteiger partial charge < -0.3 is 24.5 Å². The molecule has 0 radical (unpaired) electrons. The predicted octanol–water partition coefficient (Wildman–Crippen LogP) is 1.49. The molecule has 4 fully saturated rings. The van der Waals surface area contributed by atoms with Crippen LogP contribution < -0.4 is 0 Å². The number of hydrogen-bond acceptors (Lipinski definition) is 15. The Labute approximate surface area is 397 Å². The van der Waals surface area contributed by atoms with Crippen molar-refractivity contribution in [1.29, 1.82) is 0 Å². The van der Waals surface area contributed by atoms with Gasteiger partial charge in [-0.15, -0.1) is 13.2 Å². The Morgan fingerprint density at radius 3 is 1.52 bits per heavy atom. The molecular formula is C40H48IN19O7. The third kappa shape index (κ3) is 10.5. The molecule has 4 unspecified atom stereocenters. The molecule has 352 valence electrons. The lowest BCUT2D eigenvalue weighted by molar-refractivity contribution is -0.107. The number of urea groups is 4. The van der Waals surface area contributed by atoms with Crippen molar-refractivity contribution >= 4 is 76.4 Å². The summed E-state index contributed by atoms with van der Waals surface area (Å²) in [7, 11) is 1.83. The number of likely N-dealkylation sites (N-methyl/N-ethyl adjacent to an activating group) is 1. The highest BCUT2D eigenvalue weighted by molar-refractivity contribution is 14.1. The van der Waals surface area contributed by atoms with Crippen molar-refractivity contribution in [2.45, 2.75) is 24.2 Å². The molecule has 0 spiro atoms. The van der Waals surface area contributed by atoms with E-state index in [1.165, 1.54) is 32.7 Å². The molecule has 12 heterocycles. The molecule has 27 heteroatoms. The Morgan fingerprint density at radius 1 is 0.642 bits per heavy atom. The number of amides is 8. The second-order valence-electron chi connectivity index (χ2n) is 15.6. The van der Waals surface area contributed by atoms with Crippen molar-refractivity contribution in [2.24, 2.45) is 9.98 Å². The Hall–Kier alpha value is -7.11. The summed E-state index contributed by atoms with van der Waals surface area (Å²) in [6, 6.07) is -0.532. The van der Waals surface area contributed by atoms with Crippen LogP contribution >= 0.6 is 22.6 Å². The fourth-order valence-corrected chi connectivity index (χ4v) is 8.84. The van der Waals surface area contributed by atoms with Crippen LogP contribution in [-0.4, -0.2) is 229 Å². The molecule has 0 aromatic carbocycles. The second-order valence-corrected chi connectivity index (χ2v) is 17.0. The van der Waals surface area contributed by atoms with Crippen LogP contribution in [0.15, 0.2) is 101 Å². The average Bonchev–Trinajstić information content (AvgIpc) is 4.23. The molecule has 9 aliphatic heterocycles. The number of fused-ring (bicyclic) bond motifs is 8. The van der Waals surface area contributed by atoms with E-state index in [0.29, 0.717) is 52.5 Å². The molecule has 8 amide bonds. The number of halogens is 1. The van der Waals surface area contributed by atoms with Gasteiger partial charge in [0, 0.05) is 43.0 Å². The van der Waals surface area contributed by atoms with Crippen molar-refractivity contribution in [3.63, 3.8) is 0 Å². The maximum absolute atomic E-state index is 12.0. The average molecular weight is 1030 g/mol. The zero-order valence-electron chi connectivity index (χ0n) is 36.4. The SMILES string of the molecule is C1=NC=NC1.C=CCON1C(=O)N2CC(I)=CC1C2.C=CCON1C(=O)N2CC(n3cncn3)=CC1C2.CN1C(=O)N2CC(n3cncn3)=CC1C2.O=C1N2CC(n3cncn3)=CC(C2)N1O. The van der Waals surface area contributed by atoms with E-state index in [0.717, 1.165) is 41.8 Å². The van der Waals surface area contributed by atoms with Crippen molar-refractivity contribution in [2.75, 3.05) is 79.2 Å². The van der Waals surface area contributed by atoms with Crippen LogP contribution in [0.1, 0.15) is 0 Å². The molecule has 12 rings (SSSR count). The highest BCUT2D eigenvalue weighted by atomic mass is 127. The number of aromatic nitrogens is 9. The van der Waals surface area contributed by atoms with Gasteiger partial charge in [-0.05, 0) is 46.9 Å². The molecule has 4 saturated heterocycles. The predicted molar refractivity (Wildman–Crippen MR) is 247 cm³/mol. The van der Waals surface area contributed by atoms with Crippen molar-refractivity contribution in [3.8, 4) is 0 Å². The van der Waals surface area contributed by atoms with Gasteiger partial charge in [-0.1, -0.05) is 12.2 Å². The molecule has 8 bridgehead atoms. The lowest BCUT2D eigenvalue weighted by Gasteiger charge is -2.20. The van der Waals surface area contributed by atoms with Gasteiger partial charge in [0.25, 0.3) is 0 Å². The molecule has 0 saturated carbocycles. The minimum atomic E-state index is -0.355. The van der Waals surface area contributed by atoms with Gasteiger partial charge in [0.05, 0.1) is 87.2 Å². The molecule has 3 aromatic rings. The molecule has 9 aliphatic rings. The monoisotopic (exact) mass is 1030 g/mol. The summed E-state index contributed by atoms with van der Waals surface area (Å²) in [4.78, 5) is 85.2. The van der Waals surface area contributed by atoms with E-state index >= 15 is 0 Å². The zero-order valence-corrected chi connectivity index (χ0v) is 38.5. The Morgan fingerprint density at radius 2 is 1.09 bits per heavy atom. The normalized spacial score (nSPS) is 23.7. The maximum atomic E-state index is 12.0. The van der Waals surface area contributed by atoms with Gasteiger partial charge in [0.15, 0.2) is 0 Å². The molecule has 3 aromatic heterocycles. The quantitative estimate of drug-likeness (QED) is 0.182. The van der Waals surface area contributed by atoms with Crippen LogP contribution in [0.2, 0.25) is 0 Å². The van der Waals surface area contributed by atoms with Crippen LogP contribution in [-0.2, 0) is 9.68 Å². The van der Waals surface area contributed by atoms with E-state index in [-0.39, 0.29) is 48.3 Å². The van der Waals surface area contributed by atoms with E-state index < -0.39 is 0 Å². The maximum Gasteiger partial charge on any atom is 0.345 e. The minimum Gasteiger partial charge on any atom is -0.319 e.